The van der Waals surface area contributed by atoms with Crippen molar-refractivity contribution in [3.63, 3.8) is 0 Å². The Morgan fingerprint density at radius 3 is 2.21 bits per heavy atom. The van der Waals surface area contributed by atoms with E-state index in [-0.39, 0.29) is 6.42 Å². The molecule has 1 unspecified atom stereocenters. The number of benzene rings is 2. The molecule has 2 aromatic carbocycles. The summed E-state index contributed by atoms with van der Waals surface area (Å²) < 4.78 is 39.4. The van der Waals surface area contributed by atoms with Gasteiger partial charge in [-0.05, 0) is 41.8 Å². The minimum absolute atomic E-state index is 0.0250. The van der Waals surface area contributed by atoms with Gasteiger partial charge >= 0.3 is 0 Å². The van der Waals surface area contributed by atoms with Crippen molar-refractivity contribution < 1.29 is 18.3 Å². The van der Waals surface area contributed by atoms with E-state index in [1.807, 2.05) is 0 Å². The Labute approximate surface area is 109 Å². The Morgan fingerprint density at radius 2 is 1.63 bits per heavy atom. The number of rotatable bonds is 3. The Bertz CT molecular complexity index is 576. The van der Waals surface area contributed by atoms with E-state index < -0.39 is 23.6 Å². The van der Waals surface area contributed by atoms with Crippen molar-refractivity contribution in [2.45, 2.75) is 19.4 Å². The summed E-state index contributed by atoms with van der Waals surface area (Å²) in [4.78, 5) is 0. The highest BCUT2D eigenvalue weighted by molar-refractivity contribution is 5.27. The largest absolute Gasteiger partial charge is 0.388 e. The molecular weight excluding hydrogens is 253 g/mol. The van der Waals surface area contributed by atoms with Gasteiger partial charge in [-0.3, -0.25) is 0 Å². The first kappa shape index (κ1) is 13.6. The summed E-state index contributed by atoms with van der Waals surface area (Å²) in [6.45, 7) is 1.62. The smallest absolute Gasteiger partial charge is 0.126 e. The average Bonchev–Trinajstić information content (AvgIpc) is 2.31. The van der Waals surface area contributed by atoms with Crippen LogP contribution in [0.2, 0.25) is 0 Å². The summed E-state index contributed by atoms with van der Waals surface area (Å²) in [6, 6.07) is 7.45. The van der Waals surface area contributed by atoms with Gasteiger partial charge in [0.15, 0.2) is 0 Å². The molecule has 0 bridgehead atoms. The molecule has 1 nitrogen and oxygen atoms in total. The fourth-order valence-corrected chi connectivity index (χ4v) is 1.89. The molecule has 0 saturated heterocycles. The number of aliphatic hydroxyl groups is 1. The molecule has 0 saturated carbocycles. The lowest BCUT2D eigenvalue weighted by molar-refractivity contribution is 0.178. The molecule has 0 aliphatic carbocycles. The van der Waals surface area contributed by atoms with Gasteiger partial charge in [0.05, 0.1) is 6.10 Å². The van der Waals surface area contributed by atoms with Gasteiger partial charge in [-0.15, -0.1) is 0 Å². The second kappa shape index (κ2) is 5.45. The fourth-order valence-electron chi connectivity index (χ4n) is 1.89. The SMILES string of the molecule is Cc1ccc(C(O)Cc2cc(F)cc(F)c2)cc1F. The molecule has 4 heteroatoms. The molecule has 1 atom stereocenters. The number of aliphatic hydroxyl groups excluding tert-OH is 1. The van der Waals surface area contributed by atoms with Crippen molar-refractivity contribution >= 4 is 0 Å². The summed E-state index contributed by atoms with van der Waals surface area (Å²) in [5, 5.41) is 9.96. The minimum Gasteiger partial charge on any atom is -0.388 e. The second-order valence-electron chi connectivity index (χ2n) is 4.51. The molecule has 1 N–H and O–H groups in total. The second-order valence-corrected chi connectivity index (χ2v) is 4.51. The summed E-state index contributed by atoms with van der Waals surface area (Å²) in [7, 11) is 0. The maximum absolute atomic E-state index is 13.4. The van der Waals surface area contributed by atoms with Gasteiger partial charge in [-0.1, -0.05) is 12.1 Å². The molecule has 0 radical (unpaired) electrons. The molecule has 0 aliphatic heterocycles. The lowest BCUT2D eigenvalue weighted by Gasteiger charge is -2.12. The number of aryl methyl sites for hydroxylation is 1. The lowest BCUT2D eigenvalue weighted by Crippen LogP contribution is -2.03. The van der Waals surface area contributed by atoms with Crippen molar-refractivity contribution in [3.8, 4) is 0 Å². The normalized spacial score (nSPS) is 12.5. The van der Waals surface area contributed by atoms with Gasteiger partial charge in [-0.25, -0.2) is 13.2 Å². The zero-order valence-electron chi connectivity index (χ0n) is 10.3. The molecule has 0 fully saturated rings. The highest BCUT2D eigenvalue weighted by Gasteiger charge is 2.12. The Morgan fingerprint density at radius 1 is 1.00 bits per heavy atom. The predicted octanol–water partition coefficient (Wildman–Crippen LogP) is 3.69. The van der Waals surface area contributed by atoms with Crippen LogP contribution in [-0.2, 0) is 6.42 Å². The standard InChI is InChI=1S/C15H13F3O/c1-9-2-3-11(7-14(9)18)15(19)6-10-4-12(16)8-13(17)5-10/h2-5,7-8,15,19H,6H2,1H3. The van der Waals surface area contributed by atoms with Gasteiger partial charge in [0.1, 0.15) is 17.5 Å². The lowest BCUT2D eigenvalue weighted by atomic mass is 10.00. The van der Waals surface area contributed by atoms with E-state index in [4.69, 9.17) is 0 Å². The van der Waals surface area contributed by atoms with Crippen molar-refractivity contribution in [2.24, 2.45) is 0 Å². The highest BCUT2D eigenvalue weighted by Crippen LogP contribution is 2.21. The Balaban J connectivity index is 2.20. The topological polar surface area (TPSA) is 20.2 Å². The van der Waals surface area contributed by atoms with Gasteiger partial charge < -0.3 is 5.11 Å². The molecule has 0 aromatic heterocycles. The summed E-state index contributed by atoms with van der Waals surface area (Å²) in [5.74, 6) is -1.81. The van der Waals surface area contributed by atoms with Gasteiger partial charge in [0.25, 0.3) is 0 Å². The third-order valence-electron chi connectivity index (χ3n) is 2.93. The molecule has 0 aliphatic rings. The van der Waals surface area contributed by atoms with Crippen LogP contribution in [-0.4, -0.2) is 5.11 Å². The van der Waals surface area contributed by atoms with Gasteiger partial charge in [-0.2, -0.15) is 0 Å². The minimum atomic E-state index is -1.00. The van der Waals surface area contributed by atoms with Crippen molar-refractivity contribution in [1.29, 1.82) is 0 Å². The molecule has 0 amide bonds. The summed E-state index contributed by atoms with van der Waals surface area (Å²) in [6.07, 6.45) is -0.978. The van der Waals surface area contributed by atoms with Crippen molar-refractivity contribution in [3.05, 3.63) is 70.5 Å². The zero-order chi connectivity index (χ0) is 14.0. The van der Waals surface area contributed by atoms with Crippen LogP contribution >= 0.6 is 0 Å². The van der Waals surface area contributed by atoms with Crippen LogP contribution in [0.15, 0.2) is 36.4 Å². The summed E-state index contributed by atoms with van der Waals surface area (Å²) >= 11 is 0. The van der Waals surface area contributed by atoms with Crippen molar-refractivity contribution in [2.75, 3.05) is 0 Å². The van der Waals surface area contributed by atoms with Crippen LogP contribution in [0.3, 0.4) is 0 Å². The van der Waals surface area contributed by atoms with E-state index in [0.717, 1.165) is 18.2 Å². The van der Waals surface area contributed by atoms with Crippen LogP contribution < -0.4 is 0 Å². The first-order chi connectivity index (χ1) is 8.95. The van der Waals surface area contributed by atoms with E-state index in [9.17, 15) is 18.3 Å². The molecule has 100 valence electrons. The van der Waals surface area contributed by atoms with Gasteiger partial charge in [0.2, 0.25) is 0 Å². The third-order valence-corrected chi connectivity index (χ3v) is 2.93. The number of halogens is 3. The molecule has 0 spiro atoms. The van der Waals surface area contributed by atoms with Crippen LogP contribution in [0, 0.1) is 24.4 Å². The maximum atomic E-state index is 13.4. The van der Waals surface area contributed by atoms with E-state index in [0.29, 0.717) is 16.7 Å². The van der Waals surface area contributed by atoms with Crippen molar-refractivity contribution in [1.82, 2.24) is 0 Å². The first-order valence-corrected chi connectivity index (χ1v) is 5.85. The molecule has 2 rings (SSSR count). The van der Waals surface area contributed by atoms with Gasteiger partial charge in [0, 0.05) is 12.5 Å². The van der Waals surface area contributed by atoms with Crippen LogP contribution in [0.25, 0.3) is 0 Å². The molecular formula is C15H13F3O. The predicted molar refractivity (Wildman–Crippen MR) is 66.2 cm³/mol. The highest BCUT2D eigenvalue weighted by atomic mass is 19.1. The zero-order valence-corrected chi connectivity index (χ0v) is 10.3. The van der Waals surface area contributed by atoms with E-state index in [1.165, 1.54) is 6.07 Å². The average molecular weight is 266 g/mol. The molecule has 19 heavy (non-hydrogen) atoms. The maximum Gasteiger partial charge on any atom is 0.126 e. The monoisotopic (exact) mass is 266 g/mol. The molecule has 0 heterocycles. The van der Waals surface area contributed by atoms with E-state index in [2.05, 4.69) is 0 Å². The third kappa shape index (κ3) is 3.35. The Hall–Kier alpha value is -1.81. The van der Waals surface area contributed by atoms with Crippen LogP contribution in [0.4, 0.5) is 13.2 Å². The summed E-state index contributed by atoms with van der Waals surface area (Å²) in [5.41, 5.74) is 1.19. The fraction of sp³-hybridized carbons (Fsp3) is 0.200. The first-order valence-electron chi connectivity index (χ1n) is 5.85. The van der Waals surface area contributed by atoms with E-state index in [1.54, 1.807) is 19.1 Å². The Kier molecular flexibility index (Phi) is 3.90. The quantitative estimate of drug-likeness (QED) is 0.898. The van der Waals surface area contributed by atoms with Crippen LogP contribution in [0.5, 0.6) is 0 Å². The molecule has 2 aromatic rings. The van der Waals surface area contributed by atoms with Crippen LogP contribution in [0.1, 0.15) is 22.8 Å². The number of hydrogen-bond donors (Lipinski definition) is 1. The number of hydrogen-bond acceptors (Lipinski definition) is 1. The van der Waals surface area contributed by atoms with E-state index >= 15 is 0 Å².